The van der Waals surface area contributed by atoms with Gasteiger partial charge in [-0.3, -0.25) is 0 Å². The van der Waals surface area contributed by atoms with Crippen molar-refractivity contribution in [2.45, 2.75) is 19.9 Å². The van der Waals surface area contributed by atoms with Crippen LogP contribution >= 0.6 is 15.9 Å². The van der Waals surface area contributed by atoms with E-state index in [0.717, 1.165) is 21.8 Å². The fraction of sp³-hybridized carbons (Fsp3) is 0.357. The molecule has 0 bridgehead atoms. The van der Waals surface area contributed by atoms with Crippen molar-refractivity contribution in [2.75, 3.05) is 19.0 Å². The van der Waals surface area contributed by atoms with E-state index in [-0.39, 0.29) is 6.04 Å². The molecule has 0 saturated heterocycles. The Morgan fingerprint density at radius 3 is 2.84 bits per heavy atom. The SMILES string of the molecule is COCC(C)n1cc(C)nc1Nc1ccccc1Br. The normalized spacial score (nSPS) is 12.4. The van der Waals surface area contributed by atoms with Crippen LogP contribution in [0.15, 0.2) is 34.9 Å². The van der Waals surface area contributed by atoms with E-state index in [1.165, 1.54) is 0 Å². The highest BCUT2D eigenvalue weighted by atomic mass is 79.9. The number of aromatic nitrogens is 2. The summed E-state index contributed by atoms with van der Waals surface area (Å²) < 4.78 is 8.32. The predicted molar refractivity (Wildman–Crippen MR) is 81.0 cm³/mol. The third-order valence-corrected chi connectivity index (χ3v) is 3.55. The number of hydrogen-bond acceptors (Lipinski definition) is 3. The molecule has 1 heterocycles. The van der Waals surface area contributed by atoms with Gasteiger partial charge in [-0.15, -0.1) is 0 Å². The number of ether oxygens (including phenoxy) is 1. The molecule has 19 heavy (non-hydrogen) atoms. The molecular formula is C14H18BrN3O. The van der Waals surface area contributed by atoms with Gasteiger partial charge in [-0.2, -0.15) is 0 Å². The maximum atomic E-state index is 5.21. The van der Waals surface area contributed by atoms with Gasteiger partial charge in [0.1, 0.15) is 0 Å². The Morgan fingerprint density at radius 2 is 2.16 bits per heavy atom. The Balaban J connectivity index is 2.27. The van der Waals surface area contributed by atoms with Crippen LogP contribution in [0.2, 0.25) is 0 Å². The summed E-state index contributed by atoms with van der Waals surface area (Å²) in [6.07, 6.45) is 2.03. The van der Waals surface area contributed by atoms with Crippen molar-refractivity contribution >= 4 is 27.6 Å². The van der Waals surface area contributed by atoms with E-state index < -0.39 is 0 Å². The first-order valence-electron chi connectivity index (χ1n) is 6.17. The zero-order valence-corrected chi connectivity index (χ0v) is 12.9. The Hall–Kier alpha value is -1.33. The minimum Gasteiger partial charge on any atom is -0.383 e. The zero-order valence-electron chi connectivity index (χ0n) is 11.4. The lowest BCUT2D eigenvalue weighted by atomic mass is 10.3. The van der Waals surface area contributed by atoms with Gasteiger partial charge in [-0.25, -0.2) is 4.98 Å². The van der Waals surface area contributed by atoms with Crippen LogP contribution in [-0.4, -0.2) is 23.3 Å². The first-order valence-corrected chi connectivity index (χ1v) is 6.97. The number of para-hydroxylation sites is 1. The van der Waals surface area contributed by atoms with Crippen molar-refractivity contribution < 1.29 is 4.74 Å². The van der Waals surface area contributed by atoms with Gasteiger partial charge in [-0.1, -0.05) is 12.1 Å². The molecule has 1 N–H and O–H groups in total. The molecule has 0 aliphatic rings. The van der Waals surface area contributed by atoms with Gasteiger partial charge in [0, 0.05) is 17.8 Å². The number of halogens is 1. The second kappa shape index (κ2) is 6.21. The highest BCUT2D eigenvalue weighted by molar-refractivity contribution is 9.10. The quantitative estimate of drug-likeness (QED) is 0.906. The van der Waals surface area contributed by atoms with Crippen LogP contribution < -0.4 is 5.32 Å². The number of rotatable bonds is 5. The molecule has 0 spiro atoms. The van der Waals surface area contributed by atoms with Crippen LogP contribution in [0.4, 0.5) is 11.6 Å². The van der Waals surface area contributed by atoms with E-state index in [2.05, 4.69) is 37.7 Å². The Bertz CT molecular complexity index is 553. The number of benzene rings is 1. The van der Waals surface area contributed by atoms with Crippen LogP contribution in [-0.2, 0) is 4.74 Å². The summed E-state index contributed by atoms with van der Waals surface area (Å²) in [6.45, 7) is 4.75. The smallest absolute Gasteiger partial charge is 0.207 e. The highest BCUT2D eigenvalue weighted by Gasteiger charge is 2.12. The van der Waals surface area contributed by atoms with Crippen molar-refractivity contribution in [1.82, 2.24) is 9.55 Å². The molecule has 1 unspecified atom stereocenters. The van der Waals surface area contributed by atoms with Crippen LogP contribution in [0.1, 0.15) is 18.7 Å². The molecule has 0 aliphatic heterocycles. The second-order valence-corrected chi connectivity index (χ2v) is 5.38. The number of anilines is 2. The van der Waals surface area contributed by atoms with Gasteiger partial charge in [0.05, 0.1) is 24.0 Å². The molecule has 4 nitrogen and oxygen atoms in total. The van der Waals surface area contributed by atoms with Gasteiger partial charge < -0.3 is 14.6 Å². The van der Waals surface area contributed by atoms with Crippen molar-refractivity contribution in [3.8, 4) is 0 Å². The Labute approximate surface area is 121 Å². The third kappa shape index (κ3) is 3.36. The molecule has 1 atom stereocenters. The molecule has 0 amide bonds. The van der Waals surface area contributed by atoms with Gasteiger partial charge in [0.15, 0.2) is 0 Å². The van der Waals surface area contributed by atoms with Gasteiger partial charge in [0.2, 0.25) is 5.95 Å². The Kier molecular flexibility index (Phi) is 4.61. The average Bonchev–Trinajstić information content (AvgIpc) is 2.74. The summed E-state index contributed by atoms with van der Waals surface area (Å²) in [7, 11) is 1.71. The van der Waals surface area contributed by atoms with E-state index in [1.807, 2.05) is 37.4 Å². The number of nitrogens with one attached hydrogen (secondary N) is 1. The van der Waals surface area contributed by atoms with E-state index >= 15 is 0 Å². The number of nitrogens with zero attached hydrogens (tertiary/aromatic N) is 2. The minimum absolute atomic E-state index is 0.233. The summed E-state index contributed by atoms with van der Waals surface area (Å²) >= 11 is 3.53. The predicted octanol–water partition coefficient (Wildman–Crippen LogP) is 3.91. The summed E-state index contributed by atoms with van der Waals surface area (Å²) in [5.74, 6) is 0.828. The molecule has 1 aromatic heterocycles. The topological polar surface area (TPSA) is 39.1 Å². The summed E-state index contributed by atoms with van der Waals surface area (Å²) in [5.41, 5.74) is 1.98. The van der Waals surface area contributed by atoms with Crippen molar-refractivity contribution in [3.05, 3.63) is 40.6 Å². The van der Waals surface area contributed by atoms with Crippen molar-refractivity contribution in [2.24, 2.45) is 0 Å². The minimum atomic E-state index is 0.233. The summed E-state index contributed by atoms with van der Waals surface area (Å²) in [6, 6.07) is 8.23. The lowest BCUT2D eigenvalue weighted by molar-refractivity contribution is 0.163. The first-order chi connectivity index (χ1) is 9.11. The number of imidazole rings is 1. The van der Waals surface area contributed by atoms with Crippen molar-refractivity contribution in [1.29, 1.82) is 0 Å². The molecule has 102 valence electrons. The maximum absolute atomic E-state index is 5.21. The molecule has 2 rings (SSSR count). The first kappa shape index (κ1) is 14.1. The largest absolute Gasteiger partial charge is 0.383 e. The van der Waals surface area contributed by atoms with E-state index in [4.69, 9.17) is 4.74 Å². The van der Waals surface area contributed by atoms with Crippen LogP contribution in [0.5, 0.6) is 0 Å². The molecular weight excluding hydrogens is 306 g/mol. The average molecular weight is 324 g/mol. The van der Waals surface area contributed by atoms with Crippen LogP contribution in [0.25, 0.3) is 0 Å². The Morgan fingerprint density at radius 1 is 1.42 bits per heavy atom. The molecule has 1 aromatic carbocycles. The number of hydrogen-bond donors (Lipinski definition) is 1. The molecule has 0 saturated carbocycles. The molecule has 0 aliphatic carbocycles. The van der Waals surface area contributed by atoms with Gasteiger partial charge >= 0.3 is 0 Å². The van der Waals surface area contributed by atoms with Gasteiger partial charge in [0.25, 0.3) is 0 Å². The lowest BCUT2D eigenvalue weighted by Gasteiger charge is -2.16. The molecule has 0 fully saturated rings. The lowest BCUT2D eigenvalue weighted by Crippen LogP contribution is -2.12. The fourth-order valence-corrected chi connectivity index (χ4v) is 2.33. The second-order valence-electron chi connectivity index (χ2n) is 4.52. The van der Waals surface area contributed by atoms with E-state index in [9.17, 15) is 0 Å². The fourth-order valence-electron chi connectivity index (χ4n) is 1.95. The van der Waals surface area contributed by atoms with Crippen molar-refractivity contribution in [3.63, 3.8) is 0 Å². The van der Waals surface area contributed by atoms with E-state index in [1.54, 1.807) is 7.11 Å². The van der Waals surface area contributed by atoms with E-state index in [0.29, 0.717) is 6.61 Å². The number of aryl methyl sites for hydroxylation is 1. The number of methoxy groups -OCH3 is 1. The monoisotopic (exact) mass is 323 g/mol. The third-order valence-electron chi connectivity index (χ3n) is 2.86. The van der Waals surface area contributed by atoms with Crippen LogP contribution in [0, 0.1) is 6.92 Å². The summed E-state index contributed by atoms with van der Waals surface area (Å²) in [5, 5.41) is 3.35. The highest BCUT2D eigenvalue weighted by Crippen LogP contribution is 2.26. The molecule has 5 heteroatoms. The van der Waals surface area contributed by atoms with Gasteiger partial charge in [-0.05, 0) is 41.9 Å². The summed E-state index contributed by atoms with van der Waals surface area (Å²) in [4.78, 5) is 4.53. The molecule has 2 aromatic rings. The molecule has 0 radical (unpaired) electrons. The van der Waals surface area contributed by atoms with Crippen LogP contribution in [0.3, 0.4) is 0 Å². The zero-order chi connectivity index (χ0) is 13.8. The standard InChI is InChI=1S/C14H18BrN3O/c1-10-8-18(11(2)9-19-3)14(16-10)17-13-7-5-4-6-12(13)15/h4-8,11H,9H2,1-3H3,(H,16,17). The maximum Gasteiger partial charge on any atom is 0.207 e.